The Morgan fingerprint density at radius 1 is 0.893 bits per heavy atom. The Labute approximate surface area is 166 Å². The van der Waals surface area contributed by atoms with Crippen LogP contribution in [0, 0.1) is 0 Å². The SMILES string of the molecule is O=C1c2ccccc2C(=O)N1CCc1nc(CS(=O)(=O)c2ccccc2)cs1. The van der Waals surface area contributed by atoms with Gasteiger partial charge in [0.15, 0.2) is 9.84 Å². The monoisotopic (exact) mass is 412 g/mol. The molecule has 0 aliphatic carbocycles. The molecule has 28 heavy (non-hydrogen) atoms. The van der Waals surface area contributed by atoms with Gasteiger partial charge in [0.05, 0.1) is 32.5 Å². The highest BCUT2D eigenvalue weighted by Crippen LogP contribution is 2.23. The first-order valence-corrected chi connectivity index (χ1v) is 11.2. The molecule has 2 heterocycles. The molecule has 142 valence electrons. The molecule has 0 bridgehead atoms. The maximum absolute atomic E-state index is 12.5. The van der Waals surface area contributed by atoms with Gasteiger partial charge < -0.3 is 0 Å². The summed E-state index contributed by atoms with van der Waals surface area (Å²) in [4.78, 5) is 30.6. The van der Waals surface area contributed by atoms with Crippen molar-refractivity contribution in [2.24, 2.45) is 0 Å². The molecule has 0 saturated carbocycles. The summed E-state index contributed by atoms with van der Waals surface area (Å²) in [5, 5.41) is 2.40. The van der Waals surface area contributed by atoms with Crippen LogP contribution in [0.1, 0.15) is 31.4 Å². The highest BCUT2D eigenvalue weighted by Gasteiger charge is 2.34. The summed E-state index contributed by atoms with van der Waals surface area (Å²) in [7, 11) is -3.46. The van der Waals surface area contributed by atoms with E-state index in [-0.39, 0.29) is 29.0 Å². The van der Waals surface area contributed by atoms with Crippen LogP contribution in [-0.4, -0.2) is 36.7 Å². The van der Waals surface area contributed by atoms with E-state index in [0.717, 1.165) is 0 Å². The lowest BCUT2D eigenvalue weighted by Gasteiger charge is -2.12. The fraction of sp³-hybridized carbons (Fsp3) is 0.150. The Kier molecular flexibility index (Phi) is 4.82. The number of hydrogen-bond donors (Lipinski definition) is 0. The summed E-state index contributed by atoms with van der Waals surface area (Å²) in [6.07, 6.45) is 0.390. The molecule has 3 aromatic rings. The number of fused-ring (bicyclic) bond motifs is 1. The number of thiazole rings is 1. The Balaban J connectivity index is 1.42. The van der Waals surface area contributed by atoms with Gasteiger partial charge in [0.25, 0.3) is 11.8 Å². The highest BCUT2D eigenvalue weighted by molar-refractivity contribution is 7.90. The van der Waals surface area contributed by atoms with Crippen molar-refractivity contribution in [2.75, 3.05) is 6.54 Å². The second kappa shape index (κ2) is 7.29. The van der Waals surface area contributed by atoms with Gasteiger partial charge in [-0.3, -0.25) is 14.5 Å². The van der Waals surface area contributed by atoms with Crippen LogP contribution in [-0.2, 0) is 22.0 Å². The third-order valence-corrected chi connectivity index (χ3v) is 7.09. The van der Waals surface area contributed by atoms with Crippen LogP contribution in [0.15, 0.2) is 64.9 Å². The van der Waals surface area contributed by atoms with E-state index >= 15 is 0 Å². The molecule has 1 aromatic heterocycles. The zero-order valence-electron chi connectivity index (χ0n) is 14.7. The van der Waals surface area contributed by atoms with Crippen molar-refractivity contribution in [3.05, 3.63) is 81.8 Å². The van der Waals surface area contributed by atoms with Gasteiger partial charge in [-0.2, -0.15) is 0 Å². The first kappa shape index (κ1) is 18.5. The Morgan fingerprint density at radius 2 is 1.50 bits per heavy atom. The van der Waals surface area contributed by atoms with E-state index in [2.05, 4.69) is 4.98 Å². The Bertz CT molecular complexity index is 1120. The molecule has 2 aromatic carbocycles. The molecule has 6 nitrogen and oxygen atoms in total. The summed E-state index contributed by atoms with van der Waals surface area (Å²) in [6, 6.07) is 15.0. The van der Waals surface area contributed by atoms with Gasteiger partial charge in [-0.25, -0.2) is 13.4 Å². The first-order chi connectivity index (χ1) is 13.5. The van der Waals surface area contributed by atoms with Gasteiger partial charge in [-0.05, 0) is 24.3 Å². The normalized spacial score (nSPS) is 13.8. The minimum absolute atomic E-state index is 0.180. The Morgan fingerprint density at radius 3 is 2.14 bits per heavy atom. The van der Waals surface area contributed by atoms with Crippen molar-refractivity contribution in [3.8, 4) is 0 Å². The summed E-state index contributed by atoms with van der Waals surface area (Å²) in [6.45, 7) is 0.213. The van der Waals surface area contributed by atoms with E-state index in [1.807, 2.05) is 0 Å². The van der Waals surface area contributed by atoms with E-state index in [9.17, 15) is 18.0 Å². The maximum atomic E-state index is 12.5. The number of carbonyl (C=O) groups is 2. The van der Waals surface area contributed by atoms with Crippen LogP contribution >= 0.6 is 11.3 Å². The van der Waals surface area contributed by atoms with Crippen LogP contribution < -0.4 is 0 Å². The molecule has 0 spiro atoms. The third kappa shape index (κ3) is 3.48. The smallest absolute Gasteiger partial charge is 0.261 e. The summed E-state index contributed by atoms with van der Waals surface area (Å²) >= 11 is 1.33. The average molecular weight is 412 g/mol. The standard InChI is InChI=1S/C20H16N2O4S2/c23-19-16-8-4-5-9-17(16)20(24)22(19)11-10-18-21-14(12-27-18)13-28(25,26)15-6-2-1-3-7-15/h1-9,12H,10-11,13H2. The zero-order valence-corrected chi connectivity index (χ0v) is 16.4. The van der Waals surface area contributed by atoms with Gasteiger partial charge >= 0.3 is 0 Å². The average Bonchev–Trinajstić information content (AvgIpc) is 3.24. The van der Waals surface area contributed by atoms with Crippen molar-refractivity contribution in [1.29, 1.82) is 0 Å². The second-order valence-corrected chi connectivity index (χ2v) is 9.29. The minimum Gasteiger partial charge on any atom is -0.274 e. The minimum atomic E-state index is -3.46. The number of amides is 2. The molecular formula is C20H16N2O4S2. The summed E-state index contributed by atoms with van der Waals surface area (Å²) in [5.41, 5.74) is 1.30. The van der Waals surface area contributed by atoms with E-state index in [0.29, 0.717) is 28.2 Å². The van der Waals surface area contributed by atoms with Gasteiger partial charge in [0.1, 0.15) is 0 Å². The summed E-state index contributed by atoms with van der Waals surface area (Å²) < 4.78 is 24.9. The van der Waals surface area contributed by atoms with Crippen molar-refractivity contribution in [3.63, 3.8) is 0 Å². The molecule has 0 fully saturated rings. The van der Waals surface area contributed by atoms with Crippen molar-refractivity contribution in [2.45, 2.75) is 17.1 Å². The lowest BCUT2D eigenvalue weighted by atomic mass is 10.1. The third-order valence-electron chi connectivity index (χ3n) is 4.47. The number of aromatic nitrogens is 1. The lowest BCUT2D eigenvalue weighted by Crippen LogP contribution is -2.31. The molecule has 0 saturated heterocycles. The fourth-order valence-electron chi connectivity index (χ4n) is 3.09. The highest BCUT2D eigenvalue weighted by atomic mass is 32.2. The van der Waals surface area contributed by atoms with Gasteiger partial charge in [0, 0.05) is 18.3 Å². The van der Waals surface area contributed by atoms with E-state index < -0.39 is 9.84 Å². The molecular weight excluding hydrogens is 396 g/mol. The Hall–Kier alpha value is -2.84. The van der Waals surface area contributed by atoms with Gasteiger partial charge in [-0.15, -0.1) is 11.3 Å². The van der Waals surface area contributed by atoms with Gasteiger partial charge in [0.2, 0.25) is 0 Å². The van der Waals surface area contributed by atoms with Crippen LogP contribution in [0.4, 0.5) is 0 Å². The number of imide groups is 1. The number of sulfone groups is 1. The lowest BCUT2D eigenvalue weighted by molar-refractivity contribution is 0.0656. The van der Waals surface area contributed by atoms with E-state index in [4.69, 9.17) is 0 Å². The fourth-order valence-corrected chi connectivity index (χ4v) is 5.25. The van der Waals surface area contributed by atoms with Crippen LogP contribution in [0.25, 0.3) is 0 Å². The predicted molar refractivity (Wildman–Crippen MR) is 105 cm³/mol. The van der Waals surface area contributed by atoms with Crippen molar-refractivity contribution < 1.29 is 18.0 Å². The molecule has 1 aliphatic heterocycles. The molecule has 0 atom stereocenters. The predicted octanol–water partition coefficient (Wildman–Crippen LogP) is 2.96. The van der Waals surface area contributed by atoms with Crippen molar-refractivity contribution in [1.82, 2.24) is 9.88 Å². The molecule has 0 unspecified atom stereocenters. The number of nitrogens with zero attached hydrogens (tertiary/aromatic N) is 2. The summed E-state index contributed by atoms with van der Waals surface area (Å²) in [5.74, 6) is -0.784. The number of hydrogen-bond acceptors (Lipinski definition) is 6. The zero-order chi connectivity index (χ0) is 19.7. The molecule has 0 radical (unpaired) electrons. The van der Waals surface area contributed by atoms with Crippen molar-refractivity contribution >= 4 is 33.0 Å². The van der Waals surface area contributed by atoms with Crippen LogP contribution in [0.2, 0.25) is 0 Å². The molecule has 1 aliphatic rings. The molecule has 4 rings (SSSR count). The molecule has 8 heteroatoms. The second-order valence-electron chi connectivity index (χ2n) is 6.36. The van der Waals surface area contributed by atoms with Gasteiger partial charge in [-0.1, -0.05) is 30.3 Å². The first-order valence-electron chi connectivity index (χ1n) is 8.62. The number of rotatable bonds is 6. The van der Waals surface area contributed by atoms with Crippen LogP contribution in [0.3, 0.4) is 0 Å². The largest absolute Gasteiger partial charge is 0.274 e. The maximum Gasteiger partial charge on any atom is 0.261 e. The van der Waals surface area contributed by atoms with Crippen LogP contribution in [0.5, 0.6) is 0 Å². The quantitative estimate of drug-likeness (QED) is 0.581. The molecule has 2 amide bonds. The van der Waals surface area contributed by atoms with E-state index in [1.54, 1.807) is 60.0 Å². The number of carbonyl (C=O) groups excluding carboxylic acids is 2. The number of benzene rings is 2. The van der Waals surface area contributed by atoms with E-state index in [1.165, 1.54) is 16.2 Å². The molecule has 0 N–H and O–H groups in total. The topological polar surface area (TPSA) is 84.4 Å².